The predicted octanol–water partition coefficient (Wildman–Crippen LogP) is 3.64. The Balaban J connectivity index is 1.47. The van der Waals surface area contributed by atoms with Crippen molar-refractivity contribution in [1.29, 1.82) is 0 Å². The lowest BCUT2D eigenvalue weighted by molar-refractivity contribution is 0.521. The summed E-state index contributed by atoms with van der Waals surface area (Å²) in [6.07, 6.45) is 5.63. The number of hydrogen-bond acceptors (Lipinski definition) is 7. The highest BCUT2D eigenvalue weighted by Crippen LogP contribution is 2.25. The summed E-state index contributed by atoms with van der Waals surface area (Å²) in [5, 5.41) is 3.66. The molecule has 0 saturated carbocycles. The number of pyridine rings is 1. The van der Waals surface area contributed by atoms with Gasteiger partial charge in [0.2, 0.25) is 0 Å². The number of rotatable bonds is 4. The third-order valence-electron chi connectivity index (χ3n) is 5.42. The van der Waals surface area contributed by atoms with Crippen molar-refractivity contribution in [3.8, 4) is 11.4 Å². The summed E-state index contributed by atoms with van der Waals surface area (Å²) in [6, 6.07) is 6.35. The molecule has 1 aliphatic heterocycles. The average molecular weight is 390 g/mol. The first kappa shape index (κ1) is 19.2. The molecule has 1 saturated heterocycles. The van der Waals surface area contributed by atoms with E-state index in [4.69, 9.17) is 4.98 Å². The Morgan fingerprint density at radius 3 is 2.48 bits per heavy atom. The SMILES string of the molecule is Cc1cc(N2CCC(Nc3nc(-c4cccnc4)nc(C)c3C)CC2)nc(C)n1. The van der Waals surface area contributed by atoms with Gasteiger partial charge in [0.1, 0.15) is 17.5 Å². The summed E-state index contributed by atoms with van der Waals surface area (Å²) < 4.78 is 0. The zero-order valence-electron chi connectivity index (χ0n) is 17.5. The molecule has 4 rings (SSSR count). The summed E-state index contributed by atoms with van der Waals surface area (Å²) in [5.74, 6) is 3.49. The molecule has 1 fully saturated rings. The number of aryl methyl sites for hydroxylation is 3. The molecule has 0 aliphatic carbocycles. The number of piperidine rings is 1. The first-order chi connectivity index (χ1) is 14.0. The van der Waals surface area contributed by atoms with Crippen LogP contribution in [-0.4, -0.2) is 44.1 Å². The number of nitrogens with zero attached hydrogens (tertiary/aromatic N) is 6. The maximum absolute atomic E-state index is 4.80. The molecule has 3 aromatic heterocycles. The minimum absolute atomic E-state index is 0.380. The molecule has 3 aromatic rings. The van der Waals surface area contributed by atoms with Crippen molar-refractivity contribution in [2.45, 2.75) is 46.6 Å². The number of aromatic nitrogens is 5. The van der Waals surface area contributed by atoms with Crippen molar-refractivity contribution in [3.05, 3.63) is 53.4 Å². The van der Waals surface area contributed by atoms with Crippen LogP contribution in [0.2, 0.25) is 0 Å². The Bertz CT molecular complexity index is 975. The molecule has 0 amide bonds. The highest BCUT2D eigenvalue weighted by molar-refractivity contribution is 5.59. The molecule has 4 heterocycles. The van der Waals surface area contributed by atoms with Crippen molar-refractivity contribution in [3.63, 3.8) is 0 Å². The molecule has 0 spiro atoms. The van der Waals surface area contributed by atoms with E-state index in [9.17, 15) is 0 Å². The van der Waals surface area contributed by atoms with E-state index < -0.39 is 0 Å². The molecular formula is C22H27N7. The van der Waals surface area contributed by atoms with Crippen molar-refractivity contribution < 1.29 is 0 Å². The number of hydrogen-bond donors (Lipinski definition) is 1. The maximum atomic E-state index is 4.80. The normalized spacial score (nSPS) is 14.8. The largest absolute Gasteiger partial charge is 0.367 e. The van der Waals surface area contributed by atoms with Gasteiger partial charge in [0, 0.05) is 60.1 Å². The first-order valence-electron chi connectivity index (χ1n) is 10.1. The Hall–Kier alpha value is -3.09. The fraction of sp³-hybridized carbons (Fsp3) is 0.409. The van der Waals surface area contributed by atoms with Crippen LogP contribution in [0.15, 0.2) is 30.6 Å². The van der Waals surface area contributed by atoms with Crippen molar-refractivity contribution in [2.75, 3.05) is 23.3 Å². The van der Waals surface area contributed by atoms with Crippen LogP contribution in [0.5, 0.6) is 0 Å². The molecule has 29 heavy (non-hydrogen) atoms. The molecular weight excluding hydrogens is 362 g/mol. The van der Waals surface area contributed by atoms with Gasteiger partial charge in [-0.05, 0) is 52.7 Å². The standard InChI is InChI=1S/C22H27N7/c1-14-12-20(26-17(4)24-14)29-10-7-19(8-11-29)27-21-15(2)16(3)25-22(28-21)18-6-5-9-23-13-18/h5-6,9,12-13,19H,7-8,10-11H2,1-4H3,(H,25,27,28). The molecule has 0 atom stereocenters. The predicted molar refractivity (Wildman–Crippen MR) is 115 cm³/mol. The van der Waals surface area contributed by atoms with Crippen LogP contribution >= 0.6 is 0 Å². The molecule has 7 nitrogen and oxygen atoms in total. The average Bonchev–Trinajstić information content (AvgIpc) is 2.72. The van der Waals surface area contributed by atoms with Gasteiger partial charge < -0.3 is 10.2 Å². The lowest BCUT2D eigenvalue weighted by atomic mass is 10.0. The Labute approximate surface area is 171 Å². The van der Waals surface area contributed by atoms with E-state index in [0.717, 1.165) is 65.9 Å². The van der Waals surface area contributed by atoms with Gasteiger partial charge in [-0.3, -0.25) is 4.98 Å². The summed E-state index contributed by atoms with van der Waals surface area (Å²) in [6.45, 7) is 10.0. The van der Waals surface area contributed by atoms with Crippen LogP contribution in [0.25, 0.3) is 11.4 Å². The van der Waals surface area contributed by atoms with Crippen LogP contribution in [0.4, 0.5) is 11.6 Å². The minimum atomic E-state index is 0.380. The second kappa shape index (κ2) is 8.11. The van der Waals surface area contributed by atoms with Gasteiger partial charge in [-0.25, -0.2) is 19.9 Å². The van der Waals surface area contributed by atoms with Crippen LogP contribution in [-0.2, 0) is 0 Å². The smallest absolute Gasteiger partial charge is 0.163 e. The molecule has 150 valence electrons. The molecule has 0 radical (unpaired) electrons. The Kier molecular flexibility index (Phi) is 5.38. The summed E-state index contributed by atoms with van der Waals surface area (Å²) in [7, 11) is 0. The zero-order chi connectivity index (χ0) is 20.4. The molecule has 0 bridgehead atoms. The molecule has 1 N–H and O–H groups in total. The van der Waals surface area contributed by atoms with Crippen molar-refractivity contribution in [2.24, 2.45) is 0 Å². The fourth-order valence-corrected chi connectivity index (χ4v) is 3.70. The third-order valence-corrected chi connectivity index (χ3v) is 5.42. The minimum Gasteiger partial charge on any atom is -0.367 e. The molecule has 0 aromatic carbocycles. The van der Waals surface area contributed by atoms with E-state index in [-0.39, 0.29) is 0 Å². The van der Waals surface area contributed by atoms with Crippen molar-refractivity contribution >= 4 is 11.6 Å². The second-order valence-corrected chi connectivity index (χ2v) is 7.67. The van der Waals surface area contributed by atoms with Crippen LogP contribution in [0.3, 0.4) is 0 Å². The highest BCUT2D eigenvalue weighted by Gasteiger charge is 2.22. The van der Waals surface area contributed by atoms with Gasteiger partial charge in [-0.15, -0.1) is 0 Å². The van der Waals surface area contributed by atoms with Gasteiger partial charge in [0.25, 0.3) is 0 Å². The maximum Gasteiger partial charge on any atom is 0.163 e. The zero-order valence-corrected chi connectivity index (χ0v) is 17.5. The van der Waals surface area contributed by atoms with Gasteiger partial charge in [0.05, 0.1) is 0 Å². The first-order valence-corrected chi connectivity index (χ1v) is 10.1. The summed E-state index contributed by atoms with van der Waals surface area (Å²) in [4.78, 5) is 25.0. The second-order valence-electron chi connectivity index (χ2n) is 7.67. The fourth-order valence-electron chi connectivity index (χ4n) is 3.70. The molecule has 7 heteroatoms. The third kappa shape index (κ3) is 4.34. The summed E-state index contributed by atoms with van der Waals surface area (Å²) >= 11 is 0. The van der Waals surface area contributed by atoms with E-state index in [2.05, 4.69) is 43.1 Å². The van der Waals surface area contributed by atoms with Crippen molar-refractivity contribution in [1.82, 2.24) is 24.9 Å². The summed E-state index contributed by atoms with van der Waals surface area (Å²) in [5.41, 5.74) is 4.04. The molecule has 1 aliphatic rings. The molecule has 0 unspecified atom stereocenters. The van der Waals surface area contributed by atoms with Crippen LogP contribution in [0, 0.1) is 27.7 Å². The topological polar surface area (TPSA) is 79.7 Å². The van der Waals surface area contributed by atoms with E-state index >= 15 is 0 Å². The van der Waals surface area contributed by atoms with E-state index in [0.29, 0.717) is 11.9 Å². The number of nitrogens with one attached hydrogen (secondary N) is 1. The quantitative estimate of drug-likeness (QED) is 0.729. The van der Waals surface area contributed by atoms with Gasteiger partial charge in [-0.1, -0.05) is 0 Å². The van der Waals surface area contributed by atoms with Gasteiger partial charge in [-0.2, -0.15) is 0 Å². The monoisotopic (exact) mass is 389 g/mol. The van der Waals surface area contributed by atoms with Gasteiger partial charge in [0.15, 0.2) is 5.82 Å². The van der Waals surface area contributed by atoms with Crippen LogP contribution < -0.4 is 10.2 Å². The van der Waals surface area contributed by atoms with E-state index in [1.807, 2.05) is 32.9 Å². The Morgan fingerprint density at radius 1 is 1.00 bits per heavy atom. The lowest BCUT2D eigenvalue weighted by Gasteiger charge is -2.34. The van der Waals surface area contributed by atoms with Crippen LogP contribution in [0.1, 0.15) is 35.6 Å². The van der Waals surface area contributed by atoms with E-state index in [1.165, 1.54) is 0 Å². The lowest BCUT2D eigenvalue weighted by Crippen LogP contribution is -2.40. The van der Waals surface area contributed by atoms with Gasteiger partial charge >= 0.3 is 0 Å². The van der Waals surface area contributed by atoms with E-state index in [1.54, 1.807) is 12.4 Å². The number of anilines is 2. The highest BCUT2D eigenvalue weighted by atomic mass is 15.2. The Morgan fingerprint density at radius 2 is 1.79 bits per heavy atom.